The summed E-state index contributed by atoms with van der Waals surface area (Å²) in [4.78, 5) is 22.3. The number of nitrogen functional groups attached to an aromatic ring is 2. The highest BCUT2D eigenvalue weighted by Crippen LogP contribution is 2.22. The summed E-state index contributed by atoms with van der Waals surface area (Å²) in [6.07, 6.45) is 8.41. The van der Waals surface area contributed by atoms with E-state index in [0.29, 0.717) is 6.54 Å². The Labute approximate surface area is 177 Å². The van der Waals surface area contributed by atoms with Crippen LogP contribution in [0.15, 0.2) is 0 Å². The molecule has 0 aromatic carbocycles. The average molecular weight is 425 g/mol. The number of nitrogens with zero attached hydrogens (tertiary/aromatic N) is 3. The molecule has 1 aliphatic rings. The van der Waals surface area contributed by atoms with Gasteiger partial charge in [-0.2, -0.15) is 0 Å². The number of guanidine groups is 1. The van der Waals surface area contributed by atoms with Crippen molar-refractivity contribution < 1.29 is 4.79 Å². The molecule has 0 unspecified atom stereocenters. The Morgan fingerprint density at radius 2 is 1.93 bits per heavy atom. The standard InChI is InChI=1S/C19H33ClN8O/c1-2-3-10-28-11-7-13(8-12-28)6-4-5-9-24-19(23)27-18(29)14-16(21)26-17(22)15(20)25-14/h13H,2-12H2,1H3,(H4,21,22,26)(H3,23,24,27,29). The molecule has 1 amide bonds. The van der Waals surface area contributed by atoms with Gasteiger partial charge in [0.2, 0.25) is 0 Å². The lowest BCUT2D eigenvalue weighted by molar-refractivity contribution is 0.0971. The SMILES string of the molecule is CCCCN1CCC(CCCCNC(=N)NC(=O)c2nc(Cl)c(N)nc2N)CC1. The van der Waals surface area contributed by atoms with Crippen LogP contribution >= 0.6 is 11.6 Å². The summed E-state index contributed by atoms with van der Waals surface area (Å²) in [6.45, 7) is 6.55. The molecule has 0 saturated carbocycles. The van der Waals surface area contributed by atoms with E-state index in [0.717, 1.165) is 18.8 Å². The Bertz CT molecular complexity index is 691. The van der Waals surface area contributed by atoms with E-state index in [2.05, 4.69) is 32.4 Å². The topological polar surface area (TPSA) is 146 Å². The fourth-order valence-corrected chi connectivity index (χ4v) is 3.60. The third-order valence-electron chi connectivity index (χ3n) is 5.23. The summed E-state index contributed by atoms with van der Waals surface area (Å²) in [7, 11) is 0. The number of aromatic nitrogens is 2. The first-order chi connectivity index (χ1) is 13.9. The fourth-order valence-electron chi connectivity index (χ4n) is 3.48. The highest BCUT2D eigenvalue weighted by atomic mass is 35.5. The van der Waals surface area contributed by atoms with Crippen LogP contribution in [0.1, 0.15) is 62.4 Å². The van der Waals surface area contributed by atoms with Gasteiger partial charge in [0.25, 0.3) is 5.91 Å². The third-order valence-corrected chi connectivity index (χ3v) is 5.51. The maximum absolute atomic E-state index is 12.1. The Kier molecular flexibility index (Phi) is 9.40. The molecule has 0 atom stereocenters. The van der Waals surface area contributed by atoms with Gasteiger partial charge in [-0.15, -0.1) is 0 Å². The molecule has 9 nitrogen and oxygen atoms in total. The summed E-state index contributed by atoms with van der Waals surface area (Å²) in [5.41, 5.74) is 11.0. The van der Waals surface area contributed by atoms with Gasteiger partial charge < -0.3 is 21.7 Å². The molecule has 0 bridgehead atoms. The Hall–Kier alpha value is -2.13. The van der Waals surface area contributed by atoms with Crippen LogP contribution in [-0.2, 0) is 0 Å². The van der Waals surface area contributed by atoms with E-state index >= 15 is 0 Å². The molecule has 10 heteroatoms. The second-order valence-electron chi connectivity index (χ2n) is 7.52. The highest BCUT2D eigenvalue weighted by Gasteiger charge is 2.19. The lowest BCUT2D eigenvalue weighted by Crippen LogP contribution is -2.41. The van der Waals surface area contributed by atoms with Crippen molar-refractivity contribution in [3.8, 4) is 0 Å². The number of nitrogens with one attached hydrogen (secondary N) is 3. The first-order valence-electron chi connectivity index (χ1n) is 10.3. The molecule has 1 aromatic rings. The molecule has 7 N–H and O–H groups in total. The van der Waals surface area contributed by atoms with Crippen LogP contribution in [0, 0.1) is 11.3 Å². The van der Waals surface area contributed by atoms with Crippen LogP contribution in [0.3, 0.4) is 0 Å². The number of anilines is 2. The predicted molar refractivity (Wildman–Crippen MR) is 117 cm³/mol. The van der Waals surface area contributed by atoms with E-state index in [4.69, 9.17) is 28.5 Å². The van der Waals surface area contributed by atoms with Crippen LogP contribution in [0.25, 0.3) is 0 Å². The van der Waals surface area contributed by atoms with Crippen molar-refractivity contribution in [2.75, 3.05) is 37.6 Å². The zero-order valence-electron chi connectivity index (χ0n) is 17.1. The predicted octanol–water partition coefficient (Wildman–Crippen LogP) is 2.23. The number of nitrogens with two attached hydrogens (primary N) is 2. The highest BCUT2D eigenvalue weighted by molar-refractivity contribution is 6.31. The van der Waals surface area contributed by atoms with E-state index in [1.54, 1.807) is 0 Å². The van der Waals surface area contributed by atoms with Crippen LogP contribution in [-0.4, -0.2) is 52.9 Å². The van der Waals surface area contributed by atoms with Crippen LogP contribution < -0.4 is 22.1 Å². The van der Waals surface area contributed by atoms with Gasteiger partial charge in [0, 0.05) is 6.54 Å². The van der Waals surface area contributed by atoms with E-state index < -0.39 is 5.91 Å². The molecule has 1 fully saturated rings. The lowest BCUT2D eigenvalue weighted by Gasteiger charge is -2.31. The van der Waals surface area contributed by atoms with Gasteiger partial charge in [-0.05, 0) is 51.2 Å². The minimum atomic E-state index is -0.649. The molecule has 2 rings (SSSR count). The molecule has 0 radical (unpaired) electrons. The zero-order valence-corrected chi connectivity index (χ0v) is 17.9. The minimum absolute atomic E-state index is 0.0412. The first kappa shape index (κ1) is 23.2. The van der Waals surface area contributed by atoms with Crippen LogP contribution in [0.5, 0.6) is 0 Å². The van der Waals surface area contributed by atoms with Crippen molar-refractivity contribution in [2.45, 2.75) is 51.9 Å². The van der Waals surface area contributed by atoms with Crippen molar-refractivity contribution in [3.63, 3.8) is 0 Å². The minimum Gasteiger partial charge on any atom is -0.382 e. The molecule has 1 aromatic heterocycles. The number of hydrogen-bond donors (Lipinski definition) is 5. The number of carbonyl (C=O) groups excluding carboxylic acids is 1. The second-order valence-corrected chi connectivity index (χ2v) is 7.88. The molecular formula is C19H33ClN8O. The fraction of sp³-hybridized carbons (Fsp3) is 0.684. The second kappa shape index (κ2) is 11.8. The van der Waals surface area contributed by atoms with E-state index in [-0.39, 0.29) is 28.4 Å². The van der Waals surface area contributed by atoms with Crippen LogP contribution in [0.4, 0.5) is 11.6 Å². The van der Waals surface area contributed by atoms with Gasteiger partial charge in [0.15, 0.2) is 28.4 Å². The zero-order chi connectivity index (χ0) is 21.2. The van der Waals surface area contributed by atoms with Crippen molar-refractivity contribution in [2.24, 2.45) is 5.92 Å². The molecule has 0 spiro atoms. The Morgan fingerprint density at radius 1 is 1.21 bits per heavy atom. The van der Waals surface area contributed by atoms with E-state index in [9.17, 15) is 4.79 Å². The van der Waals surface area contributed by atoms with Crippen molar-refractivity contribution in [3.05, 3.63) is 10.8 Å². The van der Waals surface area contributed by atoms with Gasteiger partial charge in [-0.3, -0.25) is 15.5 Å². The summed E-state index contributed by atoms with van der Waals surface area (Å²) in [6, 6.07) is 0. The lowest BCUT2D eigenvalue weighted by atomic mass is 9.91. The number of rotatable bonds is 9. The van der Waals surface area contributed by atoms with E-state index in [1.165, 1.54) is 51.7 Å². The van der Waals surface area contributed by atoms with Gasteiger partial charge in [0.1, 0.15) is 0 Å². The summed E-state index contributed by atoms with van der Waals surface area (Å²) in [5.74, 6) is -0.111. The molecule has 1 aliphatic heterocycles. The number of piperidine rings is 1. The third kappa shape index (κ3) is 7.66. The van der Waals surface area contributed by atoms with E-state index in [1.807, 2.05) is 0 Å². The summed E-state index contributed by atoms with van der Waals surface area (Å²) < 4.78 is 0. The number of unbranched alkanes of at least 4 members (excludes halogenated alkanes) is 2. The molecule has 2 heterocycles. The van der Waals surface area contributed by atoms with Crippen molar-refractivity contribution in [1.82, 2.24) is 25.5 Å². The first-order valence-corrected chi connectivity index (χ1v) is 10.7. The maximum atomic E-state index is 12.1. The van der Waals surface area contributed by atoms with Crippen molar-refractivity contribution in [1.29, 1.82) is 5.41 Å². The smallest absolute Gasteiger partial charge is 0.280 e. The number of carbonyl (C=O) groups is 1. The summed E-state index contributed by atoms with van der Waals surface area (Å²) >= 11 is 5.77. The molecule has 1 saturated heterocycles. The van der Waals surface area contributed by atoms with Crippen molar-refractivity contribution >= 4 is 35.1 Å². The molecule has 162 valence electrons. The van der Waals surface area contributed by atoms with Gasteiger partial charge in [-0.1, -0.05) is 37.8 Å². The number of hydrogen-bond acceptors (Lipinski definition) is 7. The number of likely N-dealkylation sites (tertiary alicyclic amines) is 1. The summed E-state index contributed by atoms with van der Waals surface area (Å²) in [5, 5.41) is 13.0. The largest absolute Gasteiger partial charge is 0.382 e. The number of amides is 1. The quantitative estimate of drug-likeness (QED) is 0.232. The maximum Gasteiger partial charge on any atom is 0.280 e. The van der Waals surface area contributed by atoms with Crippen LogP contribution in [0.2, 0.25) is 5.15 Å². The van der Waals surface area contributed by atoms with Gasteiger partial charge in [0.05, 0.1) is 0 Å². The Balaban J connectivity index is 1.59. The normalized spacial score (nSPS) is 15.2. The molecule has 0 aliphatic carbocycles. The van der Waals surface area contributed by atoms with Gasteiger partial charge in [-0.25, -0.2) is 9.97 Å². The Morgan fingerprint density at radius 3 is 2.62 bits per heavy atom. The number of halogens is 1. The monoisotopic (exact) mass is 424 g/mol. The average Bonchev–Trinajstić information content (AvgIpc) is 2.69. The van der Waals surface area contributed by atoms with Gasteiger partial charge >= 0.3 is 0 Å². The molecular weight excluding hydrogens is 392 g/mol. The molecule has 29 heavy (non-hydrogen) atoms.